The van der Waals surface area contributed by atoms with Crippen LogP contribution in [0, 0.1) is 5.92 Å². The van der Waals surface area contributed by atoms with E-state index in [0.717, 1.165) is 18.5 Å². The van der Waals surface area contributed by atoms with Gasteiger partial charge in [0.05, 0.1) is 0 Å². The summed E-state index contributed by atoms with van der Waals surface area (Å²) in [5.41, 5.74) is 0. The first-order valence-corrected chi connectivity index (χ1v) is 8.83. The highest BCUT2D eigenvalue weighted by Crippen LogP contribution is 2.31. The van der Waals surface area contributed by atoms with Crippen LogP contribution in [0.1, 0.15) is 52.9 Å². The first kappa shape index (κ1) is 16.3. The fourth-order valence-corrected chi connectivity index (χ4v) is 4.35. The van der Waals surface area contributed by atoms with Crippen molar-refractivity contribution in [3.05, 3.63) is 0 Å². The van der Waals surface area contributed by atoms with Gasteiger partial charge in [-0.3, -0.25) is 4.90 Å². The highest BCUT2D eigenvalue weighted by Gasteiger charge is 2.36. The van der Waals surface area contributed by atoms with Crippen molar-refractivity contribution in [3.8, 4) is 0 Å². The van der Waals surface area contributed by atoms with Crippen molar-refractivity contribution in [2.24, 2.45) is 5.92 Å². The Kier molecular flexibility index (Phi) is 6.31. The second kappa shape index (κ2) is 7.77. The van der Waals surface area contributed by atoms with Crippen molar-refractivity contribution in [1.29, 1.82) is 0 Å². The quantitative estimate of drug-likeness (QED) is 0.854. The summed E-state index contributed by atoms with van der Waals surface area (Å²) in [5, 5.41) is 3.77. The lowest BCUT2D eigenvalue weighted by Gasteiger charge is -2.45. The summed E-state index contributed by atoms with van der Waals surface area (Å²) in [4.78, 5) is 5.34. The van der Waals surface area contributed by atoms with Crippen LogP contribution in [0.25, 0.3) is 0 Å². The van der Waals surface area contributed by atoms with E-state index in [4.69, 9.17) is 0 Å². The van der Waals surface area contributed by atoms with Crippen molar-refractivity contribution in [1.82, 2.24) is 15.1 Å². The summed E-state index contributed by atoms with van der Waals surface area (Å²) in [7, 11) is 2.28. The summed E-state index contributed by atoms with van der Waals surface area (Å²) in [6.07, 6.45) is 6.88. The number of rotatable bonds is 4. The van der Waals surface area contributed by atoms with E-state index in [9.17, 15) is 0 Å². The molecule has 20 heavy (non-hydrogen) atoms. The Labute approximate surface area is 126 Å². The number of hydrogen-bond donors (Lipinski definition) is 1. The Balaban J connectivity index is 2.07. The van der Waals surface area contributed by atoms with Gasteiger partial charge in [0, 0.05) is 31.2 Å². The van der Waals surface area contributed by atoms with Crippen LogP contribution in [0.4, 0.5) is 0 Å². The summed E-state index contributed by atoms with van der Waals surface area (Å²) in [5.74, 6) is 0.947. The van der Waals surface area contributed by atoms with Crippen molar-refractivity contribution >= 4 is 0 Å². The molecule has 2 fully saturated rings. The standard InChI is InChI=1S/C17H35N3/c1-5-15-8-9-16(18-6-2)17(12-15)20-11-7-10-19(4)13-14(20)3/h14-18H,5-13H2,1-4H3. The van der Waals surface area contributed by atoms with Gasteiger partial charge in [0.15, 0.2) is 0 Å². The number of hydrogen-bond acceptors (Lipinski definition) is 3. The van der Waals surface area contributed by atoms with Gasteiger partial charge in [-0.05, 0) is 58.7 Å². The topological polar surface area (TPSA) is 18.5 Å². The molecular weight excluding hydrogens is 246 g/mol. The van der Waals surface area contributed by atoms with Crippen LogP contribution in [0.5, 0.6) is 0 Å². The number of nitrogens with zero attached hydrogens (tertiary/aromatic N) is 2. The molecule has 0 radical (unpaired) electrons. The molecule has 2 aliphatic rings. The number of nitrogens with one attached hydrogen (secondary N) is 1. The van der Waals surface area contributed by atoms with Crippen LogP contribution < -0.4 is 5.32 Å². The van der Waals surface area contributed by atoms with Gasteiger partial charge < -0.3 is 10.2 Å². The third kappa shape index (κ3) is 3.96. The van der Waals surface area contributed by atoms with E-state index in [0.29, 0.717) is 12.1 Å². The van der Waals surface area contributed by atoms with Gasteiger partial charge in [0.2, 0.25) is 0 Å². The average Bonchev–Trinajstić information content (AvgIpc) is 2.60. The fourth-order valence-electron chi connectivity index (χ4n) is 4.35. The molecule has 118 valence electrons. The van der Waals surface area contributed by atoms with Gasteiger partial charge in [-0.25, -0.2) is 0 Å². The SMILES string of the molecule is CCNC1CCC(CC)CC1N1CCCN(C)CC1C. The highest BCUT2D eigenvalue weighted by molar-refractivity contribution is 4.93. The Morgan fingerprint density at radius 3 is 2.65 bits per heavy atom. The van der Waals surface area contributed by atoms with Crippen LogP contribution in [0.2, 0.25) is 0 Å². The van der Waals surface area contributed by atoms with E-state index in [1.165, 1.54) is 51.7 Å². The van der Waals surface area contributed by atoms with Crippen molar-refractivity contribution in [2.45, 2.75) is 71.0 Å². The van der Waals surface area contributed by atoms with E-state index in [1.807, 2.05) is 0 Å². The third-order valence-electron chi connectivity index (χ3n) is 5.49. The first-order chi connectivity index (χ1) is 9.65. The Hall–Kier alpha value is -0.120. The first-order valence-electron chi connectivity index (χ1n) is 8.83. The summed E-state index contributed by atoms with van der Waals surface area (Å²) in [6, 6.07) is 2.17. The van der Waals surface area contributed by atoms with Gasteiger partial charge in [-0.15, -0.1) is 0 Å². The molecule has 0 aromatic rings. The minimum Gasteiger partial charge on any atom is -0.313 e. The predicted molar refractivity (Wildman–Crippen MR) is 87.2 cm³/mol. The van der Waals surface area contributed by atoms with E-state index in [1.54, 1.807) is 0 Å². The largest absolute Gasteiger partial charge is 0.313 e. The van der Waals surface area contributed by atoms with Crippen LogP contribution >= 0.6 is 0 Å². The van der Waals surface area contributed by atoms with Gasteiger partial charge in [-0.2, -0.15) is 0 Å². The zero-order chi connectivity index (χ0) is 14.5. The maximum absolute atomic E-state index is 3.77. The average molecular weight is 281 g/mol. The van der Waals surface area contributed by atoms with Crippen molar-refractivity contribution in [3.63, 3.8) is 0 Å². The molecule has 1 saturated carbocycles. The molecule has 3 heteroatoms. The zero-order valence-corrected chi connectivity index (χ0v) is 14.1. The van der Waals surface area contributed by atoms with Crippen molar-refractivity contribution < 1.29 is 0 Å². The molecule has 2 rings (SSSR count). The molecule has 0 aromatic carbocycles. The molecule has 1 saturated heterocycles. The van der Waals surface area contributed by atoms with E-state index >= 15 is 0 Å². The molecule has 1 aliphatic carbocycles. The molecule has 1 aliphatic heterocycles. The fraction of sp³-hybridized carbons (Fsp3) is 1.00. The smallest absolute Gasteiger partial charge is 0.0255 e. The Morgan fingerprint density at radius 1 is 1.15 bits per heavy atom. The lowest BCUT2D eigenvalue weighted by molar-refractivity contribution is 0.0668. The minimum absolute atomic E-state index is 0.698. The predicted octanol–water partition coefficient (Wildman–Crippen LogP) is 2.57. The molecule has 0 spiro atoms. The van der Waals surface area contributed by atoms with Crippen LogP contribution in [0.3, 0.4) is 0 Å². The van der Waals surface area contributed by atoms with Gasteiger partial charge in [0.25, 0.3) is 0 Å². The normalized spacial score (nSPS) is 37.8. The number of likely N-dealkylation sites (N-methyl/N-ethyl adjacent to an activating group) is 2. The summed E-state index contributed by atoms with van der Waals surface area (Å²) in [6.45, 7) is 11.9. The lowest BCUT2D eigenvalue weighted by atomic mass is 9.79. The van der Waals surface area contributed by atoms with Gasteiger partial charge in [-0.1, -0.05) is 20.3 Å². The third-order valence-corrected chi connectivity index (χ3v) is 5.49. The zero-order valence-electron chi connectivity index (χ0n) is 14.1. The Morgan fingerprint density at radius 2 is 1.95 bits per heavy atom. The molecule has 3 nitrogen and oxygen atoms in total. The molecular formula is C17H35N3. The summed E-state index contributed by atoms with van der Waals surface area (Å²) < 4.78 is 0. The minimum atomic E-state index is 0.698. The second-order valence-electron chi connectivity index (χ2n) is 7.02. The Bertz CT molecular complexity index is 281. The molecule has 1 N–H and O–H groups in total. The maximum Gasteiger partial charge on any atom is 0.0255 e. The van der Waals surface area contributed by atoms with Crippen LogP contribution in [-0.4, -0.2) is 61.2 Å². The highest BCUT2D eigenvalue weighted by atomic mass is 15.3. The molecule has 4 unspecified atom stereocenters. The van der Waals surface area contributed by atoms with Crippen LogP contribution in [-0.2, 0) is 0 Å². The molecule has 0 amide bonds. The summed E-state index contributed by atoms with van der Waals surface area (Å²) >= 11 is 0. The van der Waals surface area contributed by atoms with E-state index in [-0.39, 0.29) is 0 Å². The maximum atomic E-state index is 3.77. The van der Waals surface area contributed by atoms with Crippen molar-refractivity contribution in [2.75, 3.05) is 33.2 Å². The van der Waals surface area contributed by atoms with Gasteiger partial charge >= 0.3 is 0 Å². The molecule has 1 heterocycles. The molecule has 0 aromatic heterocycles. The monoisotopic (exact) mass is 281 g/mol. The van der Waals surface area contributed by atoms with E-state index < -0.39 is 0 Å². The lowest BCUT2D eigenvalue weighted by Crippen LogP contribution is -2.56. The second-order valence-corrected chi connectivity index (χ2v) is 7.02. The molecule has 0 bridgehead atoms. The van der Waals surface area contributed by atoms with Crippen LogP contribution in [0.15, 0.2) is 0 Å². The van der Waals surface area contributed by atoms with Gasteiger partial charge in [0.1, 0.15) is 0 Å². The molecule has 4 atom stereocenters. The van der Waals surface area contributed by atoms with E-state index in [2.05, 4.69) is 42.9 Å².